The lowest BCUT2D eigenvalue weighted by atomic mass is 10.2. The first-order valence-electron chi connectivity index (χ1n) is 4.68. The molecule has 0 unspecified atom stereocenters. The van der Waals surface area contributed by atoms with E-state index in [1.54, 1.807) is 0 Å². The summed E-state index contributed by atoms with van der Waals surface area (Å²) in [5.41, 5.74) is 0. The number of aromatic nitrogens is 3. The summed E-state index contributed by atoms with van der Waals surface area (Å²) in [4.78, 5) is 0. The Morgan fingerprint density at radius 3 is 2.54 bits per heavy atom. The van der Waals surface area contributed by atoms with E-state index >= 15 is 0 Å². The van der Waals surface area contributed by atoms with Crippen molar-refractivity contribution in [2.75, 3.05) is 18.1 Å². The summed E-state index contributed by atoms with van der Waals surface area (Å²) < 4.78 is 2.72. The average molecular weight is 198 g/mol. The molecule has 1 aromatic rings. The Kier molecular flexibility index (Phi) is 2.35. The number of H-pyrrole nitrogens is 1. The van der Waals surface area contributed by atoms with Crippen molar-refractivity contribution in [1.29, 1.82) is 0 Å². The highest BCUT2D eigenvalue weighted by Gasteiger charge is 2.13. The fourth-order valence-electron chi connectivity index (χ4n) is 1.78. The lowest BCUT2D eigenvalue weighted by Crippen LogP contribution is -2.39. The Balaban J connectivity index is 2.27. The van der Waals surface area contributed by atoms with E-state index in [0.717, 1.165) is 18.9 Å². The molecule has 1 saturated heterocycles. The van der Waals surface area contributed by atoms with Crippen molar-refractivity contribution in [2.24, 2.45) is 0 Å². The highest BCUT2D eigenvalue weighted by Crippen LogP contribution is 2.09. The Hall–Kier alpha value is -0.840. The van der Waals surface area contributed by atoms with Gasteiger partial charge in [0.15, 0.2) is 0 Å². The van der Waals surface area contributed by atoms with E-state index in [1.165, 1.54) is 19.3 Å². The molecule has 0 aliphatic carbocycles. The zero-order chi connectivity index (χ0) is 9.26. The van der Waals surface area contributed by atoms with Crippen molar-refractivity contribution < 1.29 is 0 Å². The number of rotatable bonds is 1. The quantitative estimate of drug-likeness (QED) is 0.692. The van der Waals surface area contributed by atoms with Crippen LogP contribution in [-0.4, -0.2) is 28.0 Å². The summed E-state index contributed by atoms with van der Waals surface area (Å²) in [7, 11) is 0. The molecular formula is C8H14N4S. The van der Waals surface area contributed by atoms with Gasteiger partial charge in [-0.2, -0.15) is 5.10 Å². The van der Waals surface area contributed by atoms with Gasteiger partial charge >= 0.3 is 0 Å². The SMILES string of the molecule is Cc1n[nH]c(=S)n1N1CCCCC1. The molecular weight excluding hydrogens is 184 g/mol. The summed E-state index contributed by atoms with van der Waals surface area (Å²) in [6.07, 6.45) is 3.85. The molecule has 0 radical (unpaired) electrons. The summed E-state index contributed by atoms with van der Waals surface area (Å²) in [5, 5.41) is 9.17. The van der Waals surface area contributed by atoms with Crippen molar-refractivity contribution in [3.63, 3.8) is 0 Å². The van der Waals surface area contributed by atoms with Crippen molar-refractivity contribution in [2.45, 2.75) is 26.2 Å². The smallest absolute Gasteiger partial charge is 0.214 e. The van der Waals surface area contributed by atoms with Crippen LogP contribution in [0.3, 0.4) is 0 Å². The first-order valence-corrected chi connectivity index (χ1v) is 5.09. The number of nitrogens with one attached hydrogen (secondary N) is 1. The maximum absolute atomic E-state index is 5.16. The van der Waals surface area contributed by atoms with Crippen LogP contribution in [0.5, 0.6) is 0 Å². The lowest BCUT2D eigenvalue weighted by Gasteiger charge is -2.29. The molecule has 1 fully saturated rings. The van der Waals surface area contributed by atoms with Crippen molar-refractivity contribution >= 4 is 12.2 Å². The van der Waals surface area contributed by atoms with Crippen LogP contribution in [0.2, 0.25) is 0 Å². The van der Waals surface area contributed by atoms with Crippen LogP contribution in [0, 0.1) is 11.7 Å². The number of hydrogen-bond acceptors (Lipinski definition) is 3. The minimum Gasteiger partial charge on any atom is -0.309 e. The van der Waals surface area contributed by atoms with Gasteiger partial charge in [0.1, 0.15) is 5.82 Å². The highest BCUT2D eigenvalue weighted by atomic mass is 32.1. The van der Waals surface area contributed by atoms with Gasteiger partial charge in [0, 0.05) is 13.1 Å². The Labute approximate surface area is 82.5 Å². The van der Waals surface area contributed by atoms with Crippen molar-refractivity contribution in [1.82, 2.24) is 14.9 Å². The predicted octanol–water partition coefficient (Wildman–Crippen LogP) is 1.37. The zero-order valence-corrected chi connectivity index (χ0v) is 8.60. The maximum atomic E-state index is 5.16. The molecule has 5 heteroatoms. The van der Waals surface area contributed by atoms with Crippen LogP contribution < -0.4 is 5.01 Å². The number of nitrogens with zero attached hydrogens (tertiary/aromatic N) is 3. The third kappa shape index (κ3) is 1.60. The zero-order valence-electron chi connectivity index (χ0n) is 7.79. The normalized spacial score (nSPS) is 17.8. The van der Waals surface area contributed by atoms with E-state index in [2.05, 4.69) is 15.2 Å². The van der Waals surface area contributed by atoms with Gasteiger partial charge in [-0.05, 0) is 38.4 Å². The molecule has 4 nitrogen and oxygen atoms in total. The van der Waals surface area contributed by atoms with Crippen LogP contribution in [0.15, 0.2) is 0 Å². The fourth-order valence-corrected chi connectivity index (χ4v) is 2.07. The first kappa shape index (κ1) is 8.74. The molecule has 0 aromatic carbocycles. The van der Waals surface area contributed by atoms with Crippen molar-refractivity contribution in [3.05, 3.63) is 10.6 Å². The molecule has 1 aromatic heterocycles. The molecule has 72 valence electrons. The number of hydrogen-bond donors (Lipinski definition) is 1. The Morgan fingerprint density at radius 2 is 2.00 bits per heavy atom. The molecule has 1 aliphatic heterocycles. The Morgan fingerprint density at radius 1 is 1.31 bits per heavy atom. The first-order chi connectivity index (χ1) is 6.29. The van der Waals surface area contributed by atoms with Crippen LogP contribution in [0.1, 0.15) is 25.1 Å². The van der Waals surface area contributed by atoms with Crippen LogP contribution in [0.4, 0.5) is 0 Å². The van der Waals surface area contributed by atoms with Crippen LogP contribution in [-0.2, 0) is 0 Å². The van der Waals surface area contributed by atoms with E-state index in [9.17, 15) is 0 Å². The predicted molar refractivity (Wildman–Crippen MR) is 54.0 cm³/mol. The molecule has 0 amide bonds. The second-order valence-corrected chi connectivity index (χ2v) is 3.79. The molecule has 1 N–H and O–H groups in total. The van der Waals surface area contributed by atoms with E-state index < -0.39 is 0 Å². The van der Waals surface area contributed by atoms with E-state index in [1.807, 2.05) is 11.6 Å². The number of piperidine rings is 1. The fraction of sp³-hybridized carbons (Fsp3) is 0.750. The topological polar surface area (TPSA) is 36.9 Å². The van der Waals surface area contributed by atoms with E-state index in [-0.39, 0.29) is 0 Å². The second kappa shape index (κ2) is 3.49. The van der Waals surface area contributed by atoms with Gasteiger partial charge in [0.25, 0.3) is 0 Å². The highest BCUT2D eigenvalue weighted by molar-refractivity contribution is 7.71. The second-order valence-electron chi connectivity index (χ2n) is 3.40. The van der Waals surface area contributed by atoms with E-state index in [4.69, 9.17) is 12.2 Å². The third-order valence-corrected chi connectivity index (χ3v) is 2.69. The van der Waals surface area contributed by atoms with Crippen LogP contribution >= 0.6 is 12.2 Å². The van der Waals surface area contributed by atoms with Gasteiger partial charge in [-0.15, -0.1) is 0 Å². The summed E-state index contributed by atoms with van der Waals surface area (Å²) in [6, 6.07) is 0. The summed E-state index contributed by atoms with van der Waals surface area (Å²) in [5.74, 6) is 0.951. The molecule has 13 heavy (non-hydrogen) atoms. The van der Waals surface area contributed by atoms with Gasteiger partial charge in [0.2, 0.25) is 4.77 Å². The minimum absolute atomic E-state index is 0.708. The number of aryl methyl sites for hydroxylation is 1. The van der Waals surface area contributed by atoms with Gasteiger partial charge in [-0.3, -0.25) is 5.10 Å². The number of aromatic amines is 1. The van der Waals surface area contributed by atoms with Gasteiger partial charge in [0.05, 0.1) is 0 Å². The molecule has 0 spiro atoms. The molecule has 2 rings (SSSR count). The van der Waals surface area contributed by atoms with E-state index in [0.29, 0.717) is 4.77 Å². The van der Waals surface area contributed by atoms with Gasteiger partial charge in [-0.1, -0.05) is 0 Å². The average Bonchev–Trinajstić information content (AvgIpc) is 2.48. The standard InChI is InChI=1S/C8H14N4S/c1-7-9-10-8(13)12(7)11-5-3-2-4-6-11/h2-6H2,1H3,(H,10,13). The van der Waals surface area contributed by atoms with Gasteiger partial charge < -0.3 is 5.01 Å². The van der Waals surface area contributed by atoms with Crippen LogP contribution in [0.25, 0.3) is 0 Å². The molecule has 2 heterocycles. The maximum Gasteiger partial charge on any atom is 0.214 e. The molecule has 0 bridgehead atoms. The van der Waals surface area contributed by atoms with Crippen molar-refractivity contribution in [3.8, 4) is 0 Å². The monoisotopic (exact) mass is 198 g/mol. The summed E-state index contributed by atoms with van der Waals surface area (Å²) >= 11 is 5.16. The molecule has 1 aliphatic rings. The largest absolute Gasteiger partial charge is 0.309 e. The third-order valence-electron chi connectivity index (χ3n) is 2.43. The van der Waals surface area contributed by atoms with Gasteiger partial charge in [-0.25, -0.2) is 4.68 Å². The molecule has 0 atom stereocenters. The Bertz CT molecular complexity index is 334. The minimum atomic E-state index is 0.708. The summed E-state index contributed by atoms with van der Waals surface area (Å²) in [6.45, 7) is 4.16. The lowest BCUT2D eigenvalue weighted by molar-refractivity contribution is 0.468. The molecule has 0 saturated carbocycles.